The van der Waals surface area contributed by atoms with Crippen molar-refractivity contribution in [3.8, 4) is 6.07 Å². The van der Waals surface area contributed by atoms with E-state index in [2.05, 4.69) is 43.2 Å². The Morgan fingerprint density at radius 3 is 2.27 bits per heavy atom. The Hall–Kier alpha value is -2.32. The van der Waals surface area contributed by atoms with Crippen LogP contribution in [0.4, 0.5) is 5.69 Å². The van der Waals surface area contributed by atoms with Gasteiger partial charge in [0.15, 0.2) is 0 Å². The van der Waals surface area contributed by atoms with E-state index in [1.54, 1.807) is 0 Å². The molecule has 0 atom stereocenters. The molecule has 0 aliphatic carbocycles. The molecule has 0 radical (unpaired) electrons. The Labute approximate surface area is 158 Å². The zero-order valence-corrected chi connectivity index (χ0v) is 16.6. The van der Waals surface area contributed by atoms with Gasteiger partial charge in [0.05, 0.1) is 0 Å². The van der Waals surface area contributed by atoms with E-state index in [1.165, 1.54) is 6.20 Å². The number of para-hydroxylation sites is 1. The number of amides is 1. The predicted molar refractivity (Wildman–Crippen MR) is 108 cm³/mol. The number of rotatable bonds is 11. The van der Waals surface area contributed by atoms with Crippen molar-refractivity contribution in [1.29, 1.82) is 5.26 Å². The van der Waals surface area contributed by atoms with E-state index in [0.29, 0.717) is 0 Å². The number of aryl methyl sites for hydroxylation is 2. The molecule has 1 aromatic rings. The molecule has 1 amide bonds. The molecule has 0 aliphatic rings. The fourth-order valence-electron chi connectivity index (χ4n) is 2.85. The van der Waals surface area contributed by atoms with Crippen molar-refractivity contribution in [2.24, 2.45) is 0 Å². The molecular weight excluding hydrogens is 324 g/mol. The van der Waals surface area contributed by atoms with Crippen molar-refractivity contribution in [2.75, 3.05) is 31.5 Å². The Kier molecular flexibility index (Phi) is 10.1. The van der Waals surface area contributed by atoms with Gasteiger partial charge in [-0.1, -0.05) is 45.9 Å². The first-order valence-corrected chi connectivity index (χ1v) is 9.59. The highest BCUT2D eigenvalue weighted by atomic mass is 16.1. The average Bonchev–Trinajstić information content (AvgIpc) is 2.67. The lowest BCUT2D eigenvalue weighted by molar-refractivity contribution is -0.112. The summed E-state index contributed by atoms with van der Waals surface area (Å²) in [5.41, 5.74) is 3.11. The number of carbonyl (C=O) groups is 1. The maximum atomic E-state index is 12.5. The molecule has 0 saturated carbocycles. The highest BCUT2D eigenvalue weighted by Gasteiger charge is 2.13. The zero-order chi connectivity index (χ0) is 19.4. The van der Waals surface area contributed by atoms with Crippen LogP contribution in [0.1, 0.15) is 45.2 Å². The molecule has 0 spiro atoms. The minimum atomic E-state index is -0.362. The summed E-state index contributed by atoms with van der Waals surface area (Å²) in [5, 5.41) is 15.3. The first-order valence-electron chi connectivity index (χ1n) is 9.59. The molecule has 5 nitrogen and oxygen atoms in total. The van der Waals surface area contributed by atoms with E-state index in [-0.39, 0.29) is 11.5 Å². The Bertz CT molecular complexity index is 620. The molecule has 0 fully saturated rings. The summed E-state index contributed by atoms with van der Waals surface area (Å²) in [7, 11) is 0. The average molecular weight is 357 g/mol. The maximum absolute atomic E-state index is 12.5. The molecule has 1 aromatic carbocycles. The lowest BCUT2D eigenvalue weighted by Crippen LogP contribution is -2.26. The van der Waals surface area contributed by atoms with Crippen LogP contribution < -0.4 is 10.6 Å². The molecule has 5 heteroatoms. The van der Waals surface area contributed by atoms with Crippen molar-refractivity contribution in [3.63, 3.8) is 0 Å². The molecule has 26 heavy (non-hydrogen) atoms. The van der Waals surface area contributed by atoms with Crippen molar-refractivity contribution in [3.05, 3.63) is 41.1 Å². The van der Waals surface area contributed by atoms with Gasteiger partial charge >= 0.3 is 0 Å². The summed E-state index contributed by atoms with van der Waals surface area (Å²) in [6.07, 6.45) is 4.16. The maximum Gasteiger partial charge on any atom is 0.267 e. The van der Waals surface area contributed by atoms with Gasteiger partial charge in [0.25, 0.3) is 5.91 Å². The first kappa shape index (κ1) is 21.7. The number of hydrogen-bond donors (Lipinski definition) is 2. The quantitative estimate of drug-likeness (QED) is 0.362. The van der Waals surface area contributed by atoms with E-state index < -0.39 is 0 Å². The lowest BCUT2D eigenvalue weighted by atomic mass is 10.0. The van der Waals surface area contributed by atoms with Gasteiger partial charge in [0.2, 0.25) is 0 Å². The highest BCUT2D eigenvalue weighted by Crippen LogP contribution is 2.23. The van der Waals surface area contributed by atoms with Gasteiger partial charge in [-0.05, 0) is 50.0 Å². The number of anilines is 1. The van der Waals surface area contributed by atoms with Crippen LogP contribution in [0.3, 0.4) is 0 Å². The highest BCUT2D eigenvalue weighted by molar-refractivity contribution is 6.07. The largest absolute Gasteiger partial charge is 0.390 e. The third-order valence-electron chi connectivity index (χ3n) is 4.54. The van der Waals surface area contributed by atoms with E-state index in [0.717, 1.165) is 62.3 Å². The molecule has 0 aliphatic heterocycles. The predicted octanol–water partition coefficient (Wildman–Crippen LogP) is 3.48. The van der Waals surface area contributed by atoms with Crippen molar-refractivity contribution >= 4 is 11.6 Å². The summed E-state index contributed by atoms with van der Waals surface area (Å²) in [6, 6.07) is 8.02. The van der Waals surface area contributed by atoms with Gasteiger partial charge in [-0.3, -0.25) is 4.79 Å². The van der Waals surface area contributed by atoms with Crippen LogP contribution >= 0.6 is 0 Å². The SMILES string of the molecule is CCc1cccc(CC)c1NC(=O)/C(C#N)=C\NCCCN(CC)CC. The minimum absolute atomic E-state index is 0.0980. The third kappa shape index (κ3) is 6.53. The fraction of sp³-hybridized carbons (Fsp3) is 0.524. The number of hydrogen-bond acceptors (Lipinski definition) is 4. The summed E-state index contributed by atoms with van der Waals surface area (Å²) < 4.78 is 0. The molecule has 0 heterocycles. The number of nitrogens with one attached hydrogen (secondary N) is 2. The second kappa shape index (κ2) is 12.1. The standard InChI is InChI=1S/C21H32N4O/c1-5-17-11-9-12-18(6-2)20(17)24-21(26)19(15-22)16-23-13-10-14-25(7-3)8-4/h9,11-12,16,23H,5-8,10,13-14H2,1-4H3,(H,24,26)/b19-16-. The van der Waals surface area contributed by atoms with Crippen LogP contribution in [-0.2, 0) is 17.6 Å². The van der Waals surface area contributed by atoms with E-state index >= 15 is 0 Å². The molecule has 0 aromatic heterocycles. The summed E-state index contributed by atoms with van der Waals surface area (Å²) in [4.78, 5) is 14.8. The van der Waals surface area contributed by atoms with Crippen LogP contribution in [0.2, 0.25) is 0 Å². The van der Waals surface area contributed by atoms with Gasteiger partial charge in [-0.15, -0.1) is 0 Å². The molecule has 0 unspecified atom stereocenters. The van der Waals surface area contributed by atoms with Gasteiger partial charge in [-0.25, -0.2) is 0 Å². The second-order valence-corrected chi connectivity index (χ2v) is 6.12. The van der Waals surface area contributed by atoms with Crippen LogP contribution in [0.5, 0.6) is 0 Å². The molecule has 2 N–H and O–H groups in total. The number of benzene rings is 1. The van der Waals surface area contributed by atoms with E-state index in [9.17, 15) is 10.1 Å². The van der Waals surface area contributed by atoms with Crippen LogP contribution in [-0.4, -0.2) is 37.0 Å². The monoisotopic (exact) mass is 356 g/mol. The third-order valence-corrected chi connectivity index (χ3v) is 4.54. The lowest BCUT2D eigenvalue weighted by Gasteiger charge is -2.17. The van der Waals surface area contributed by atoms with Crippen LogP contribution in [0.15, 0.2) is 30.0 Å². The second-order valence-electron chi connectivity index (χ2n) is 6.12. The molecule has 1 rings (SSSR count). The zero-order valence-electron chi connectivity index (χ0n) is 16.6. The summed E-state index contributed by atoms with van der Waals surface area (Å²) in [5.74, 6) is -0.362. The Balaban J connectivity index is 2.68. The van der Waals surface area contributed by atoms with Crippen LogP contribution in [0, 0.1) is 11.3 Å². The fourth-order valence-corrected chi connectivity index (χ4v) is 2.85. The van der Waals surface area contributed by atoms with E-state index in [4.69, 9.17) is 0 Å². The van der Waals surface area contributed by atoms with Gasteiger partial charge < -0.3 is 15.5 Å². The molecule has 0 bridgehead atoms. The van der Waals surface area contributed by atoms with E-state index in [1.807, 2.05) is 24.3 Å². The van der Waals surface area contributed by atoms with Gasteiger partial charge in [0.1, 0.15) is 11.6 Å². The van der Waals surface area contributed by atoms with Gasteiger partial charge in [-0.2, -0.15) is 5.26 Å². The Morgan fingerprint density at radius 1 is 1.15 bits per heavy atom. The van der Waals surface area contributed by atoms with Gasteiger partial charge in [0, 0.05) is 18.4 Å². The van der Waals surface area contributed by atoms with Crippen LogP contribution in [0.25, 0.3) is 0 Å². The summed E-state index contributed by atoms with van der Waals surface area (Å²) >= 11 is 0. The smallest absolute Gasteiger partial charge is 0.267 e. The molecule has 142 valence electrons. The normalized spacial score (nSPS) is 11.3. The topological polar surface area (TPSA) is 68.2 Å². The molecular formula is C21H32N4O. The first-order chi connectivity index (χ1) is 12.6. The van der Waals surface area contributed by atoms with Crippen molar-refractivity contribution in [1.82, 2.24) is 10.2 Å². The number of nitriles is 1. The Morgan fingerprint density at radius 2 is 1.77 bits per heavy atom. The van der Waals surface area contributed by atoms with Crippen molar-refractivity contribution in [2.45, 2.75) is 47.0 Å². The number of carbonyl (C=O) groups excluding carboxylic acids is 1. The summed E-state index contributed by atoms with van der Waals surface area (Å²) in [6.45, 7) is 12.2. The molecule has 0 saturated heterocycles. The minimum Gasteiger partial charge on any atom is -0.390 e. The van der Waals surface area contributed by atoms with Crippen molar-refractivity contribution < 1.29 is 4.79 Å². The number of nitrogens with zero attached hydrogens (tertiary/aromatic N) is 2.